The predicted molar refractivity (Wildman–Crippen MR) is 131 cm³/mol. The summed E-state index contributed by atoms with van der Waals surface area (Å²) in [5, 5.41) is 20.7. The van der Waals surface area contributed by atoms with Gasteiger partial charge in [0.25, 0.3) is 0 Å². The average Bonchev–Trinajstić information content (AvgIpc) is 3.08. The van der Waals surface area contributed by atoms with E-state index in [1.807, 2.05) is 12.1 Å². The summed E-state index contributed by atoms with van der Waals surface area (Å²) in [5.74, 6) is 2.23. The van der Waals surface area contributed by atoms with Crippen molar-refractivity contribution < 1.29 is 10.2 Å². The first kappa shape index (κ1) is 22.3. The maximum Gasteiger partial charge on any atom is 0.115 e. The van der Waals surface area contributed by atoms with Gasteiger partial charge < -0.3 is 10.2 Å². The number of aromatic hydroxyl groups is 1. The van der Waals surface area contributed by atoms with Crippen molar-refractivity contribution in [3.05, 3.63) is 52.6 Å². The van der Waals surface area contributed by atoms with Crippen LogP contribution in [0.25, 0.3) is 0 Å². The summed E-state index contributed by atoms with van der Waals surface area (Å²) in [7, 11) is 0. The minimum absolute atomic E-state index is 0.00856. The molecule has 1 aromatic carbocycles. The van der Waals surface area contributed by atoms with Crippen LogP contribution in [-0.2, 0) is 6.42 Å². The molecule has 1 fully saturated rings. The van der Waals surface area contributed by atoms with Crippen LogP contribution in [0.2, 0.25) is 0 Å². The number of fused-ring (bicyclic) bond motifs is 4. The monoisotopic (exact) mass is 434 g/mol. The maximum atomic E-state index is 10.8. The highest BCUT2D eigenvalue weighted by Gasteiger charge is 2.57. The van der Waals surface area contributed by atoms with Gasteiger partial charge in [0.1, 0.15) is 5.75 Å². The van der Waals surface area contributed by atoms with Crippen molar-refractivity contribution in [2.24, 2.45) is 34.0 Å². The predicted octanol–water partition coefficient (Wildman–Crippen LogP) is 7.21. The molecule has 0 unspecified atom stereocenters. The Bertz CT molecular complexity index is 969. The Hall–Kier alpha value is -1.54. The number of aliphatic hydroxyl groups excluding tert-OH is 1. The second kappa shape index (κ2) is 7.49. The lowest BCUT2D eigenvalue weighted by atomic mass is 9.46. The Kier molecular flexibility index (Phi) is 5.21. The molecule has 4 aliphatic rings. The van der Waals surface area contributed by atoms with Crippen molar-refractivity contribution in [1.29, 1.82) is 0 Å². The van der Waals surface area contributed by atoms with Crippen molar-refractivity contribution in [2.45, 2.75) is 92.1 Å². The van der Waals surface area contributed by atoms with Crippen LogP contribution in [-0.4, -0.2) is 16.3 Å². The molecule has 0 aromatic heterocycles. The van der Waals surface area contributed by atoms with Crippen LogP contribution in [0.3, 0.4) is 0 Å². The third-order valence-corrected chi connectivity index (χ3v) is 10.6. The lowest BCUT2D eigenvalue weighted by Crippen LogP contribution is -2.53. The van der Waals surface area contributed by atoms with Crippen LogP contribution < -0.4 is 0 Å². The molecule has 6 atom stereocenters. The van der Waals surface area contributed by atoms with Crippen molar-refractivity contribution in [3.8, 4) is 5.75 Å². The van der Waals surface area contributed by atoms with Gasteiger partial charge in [-0.25, -0.2) is 0 Å². The molecule has 0 radical (unpaired) electrons. The molecule has 32 heavy (non-hydrogen) atoms. The summed E-state index contributed by atoms with van der Waals surface area (Å²) in [6.07, 6.45) is 11.7. The fraction of sp³-hybridized carbons (Fsp3) is 0.667. The molecule has 2 heteroatoms. The van der Waals surface area contributed by atoms with Crippen LogP contribution in [0.1, 0.15) is 85.1 Å². The molecule has 0 amide bonds. The van der Waals surface area contributed by atoms with E-state index in [4.69, 9.17) is 0 Å². The Balaban J connectivity index is 1.43. The van der Waals surface area contributed by atoms with E-state index >= 15 is 0 Å². The van der Waals surface area contributed by atoms with E-state index in [0.717, 1.165) is 19.3 Å². The Labute approximate surface area is 194 Å². The van der Waals surface area contributed by atoms with Crippen LogP contribution in [0.15, 0.2) is 47.1 Å². The van der Waals surface area contributed by atoms with Gasteiger partial charge in [-0.2, -0.15) is 0 Å². The van der Waals surface area contributed by atoms with Crippen molar-refractivity contribution in [1.82, 2.24) is 0 Å². The van der Waals surface area contributed by atoms with Crippen LogP contribution in [0.4, 0.5) is 0 Å². The smallest absolute Gasteiger partial charge is 0.115 e. The van der Waals surface area contributed by atoms with E-state index in [2.05, 4.69) is 46.8 Å². The number of allylic oxidation sites excluding steroid dienone is 4. The normalized spacial score (nSPS) is 39.1. The van der Waals surface area contributed by atoms with Gasteiger partial charge in [0.05, 0.1) is 6.10 Å². The van der Waals surface area contributed by atoms with E-state index in [1.165, 1.54) is 37.7 Å². The first-order valence-electron chi connectivity index (χ1n) is 13.0. The Morgan fingerprint density at radius 2 is 1.81 bits per heavy atom. The molecule has 0 spiro atoms. The third kappa shape index (κ3) is 3.16. The van der Waals surface area contributed by atoms with Gasteiger partial charge >= 0.3 is 0 Å². The van der Waals surface area contributed by atoms with Gasteiger partial charge in [0.2, 0.25) is 0 Å². The summed E-state index contributed by atoms with van der Waals surface area (Å²) in [6.45, 7) is 12.1. The summed E-state index contributed by atoms with van der Waals surface area (Å²) in [5.41, 5.74) is 6.92. The van der Waals surface area contributed by atoms with Gasteiger partial charge in [0.15, 0.2) is 0 Å². The summed E-state index contributed by atoms with van der Waals surface area (Å²) < 4.78 is 0. The second-order valence-corrected chi connectivity index (χ2v) is 12.6. The summed E-state index contributed by atoms with van der Waals surface area (Å²) in [6, 6.07) is 7.83. The van der Waals surface area contributed by atoms with Crippen molar-refractivity contribution >= 4 is 0 Å². The van der Waals surface area contributed by atoms with Crippen molar-refractivity contribution in [3.63, 3.8) is 0 Å². The van der Waals surface area contributed by atoms with Gasteiger partial charge in [-0.1, -0.05) is 58.4 Å². The Morgan fingerprint density at radius 3 is 2.56 bits per heavy atom. The van der Waals surface area contributed by atoms with E-state index in [-0.39, 0.29) is 22.3 Å². The number of phenolic OH excluding ortho intramolecular Hbond substituents is 1. The van der Waals surface area contributed by atoms with E-state index in [9.17, 15) is 10.2 Å². The zero-order valence-corrected chi connectivity index (χ0v) is 20.7. The zero-order chi connectivity index (χ0) is 22.9. The van der Waals surface area contributed by atoms with Crippen LogP contribution in [0, 0.1) is 34.0 Å². The highest BCUT2D eigenvalue weighted by Crippen LogP contribution is 2.66. The number of aliphatic hydroxyl groups is 1. The number of hydrogen-bond donors (Lipinski definition) is 2. The van der Waals surface area contributed by atoms with E-state index in [1.54, 1.807) is 22.8 Å². The average molecular weight is 435 g/mol. The zero-order valence-electron chi connectivity index (χ0n) is 20.7. The molecule has 0 bridgehead atoms. The molecular formula is C30H42O2. The lowest BCUT2D eigenvalue weighted by molar-refractivity contribution is -0.0905. The molecule has 2 N–H and O–H groups in total. The van der Waals surface area contributed by atoms with Gasteiger partial charge in [0, 0.05) is 0 Å². The summed E-state index contributed by atoms with van der Waals surface area (Å²) in [4.78, 5) is 0. The van der Waals surface area contributed by atoms with E-state index < -0.39 is 0 Å². The number of hydrogen-bond acceptors (Lipinski definition) is 2. The molecule has 2 nitrogen and oxygen atoms in total. The third-order valence-electron chi connectivity index (χ3n) is 10.6. The minimum Gasteiger partial charge on any atom is -0.508 e. The standard InChI is InChI=1S/C30H42O2/c1-19(17-20-7-6-8-21(31)18-20)23-10-11-24-22-9-12-26-28(2,3)27(32)14-16-30(26,5)25(22)13-15-29(23,24)4/h6-8,11,18-19,23,26-27,31-32H,9-10,12-17H2,1-5H3/t19-,23-,26+,27+,29-,30-/m1/s1. The molecule has 0 saturated heterocycles. The molecule has 1 saturated carbocycles. The number of phenols is 1. The highest BCUT2D eigenvalue weighted by molar-refractivity contribution is 5.50. The maximum absolute atomic E-state index is 10.8. The molecule has 5 rings (SSSR count). The molecular weight excluding hydrogens is 392 g/mol. The molecule has 4 aliphatic carbocycles. The van der Waals surface area contributed by atoms with Crippen LogP contribution >= 0.6 is 0 Å². The highest BCUT2D eigenvalue weighted by atomic mass is 16.3. The number of benzene rings is 1. The molecule has 174 valence electrons. The molecule has 0 aliphatic heterocycles. The molecule has 0 heterocycles. The quantitative estimate of drug-likeness (QED) is 0.527. The topological polar surface area (TPSA) is 40.5 Å². The first-order valence-corrected chi connectivity index (χ1v) is 13.0. The van der Waals surface area contributed by atoms with Gasteiger partial charge in [-0.15, -0.1) is 0 Å². The Morgan fingerprint density at radius 1 is 1.03 bits per heavy atom. The lowest BCUT2D eigenvalue weighted by Gasteiger charge is -2.59. The van der Waals surface area contributed by atoms with Gasteiger partial charge in [-0.3, -0.25) is 0 Å². The largest absolute Gasteiger partial charge is 0.508 e. The second-order valence-electron chi connectivity index (χ2n) is 12.6. The van der Waals surface area contributed by atoms with E-state index in [0.29, 0.717) is 23.5 Å². The fourth-order valence-corrected chi connectivity index (χ4v) is 8.77. The summed E-state index contributed by atoms with van der Waals surface area (Å²) >= 11 is 0. The SMILES string of the molecule is C[C@H](Cc1cccc(O)c1)[C@H]1CC=C2C3=C(CC[C@@]21C)[C@@]1(C)CC[C@H](O)C(C)(C)[C@@H]1CC3. The van der Waals surface area contributed by atoms with Crippen molar-refractivity contribution in [2.75, 3.05) is 0 Å². The number of rotatable bonds is 3. The minimum atomic E-state index is -0.162. The van der Waals surface area contributed by atoms with Crippen LogP contribution in [0.5, 0.6) is 5.75 Å². The fourth-order valence-electron chi connectivity index (χ4n) is 8.77. The first-order chi connectivity index (χ1) is 15.1. The van der Waals surface area contributed by atoms with Gasteiger partial charge in [-0.05, 0) is 114 Å². The molecule has 1 aromatic rings.